The lowest BCUT2D eigenvalue weighted by Gasteiger charge is -2.07. The van der Waals surface area contributed by atoms with Crippen LogP contribution in [0.15, 0.2) is 24.3 Å². The van der Waals surface area contributed by atoms with Gasteiger partial charge in [-0.2, -0.15) is 0 Å². The van der Waals surface area contributed by atoms with Gasteiger partial charge in [0.1, 0.15) is 6.29 Å². The van der Waals surface area contributed by atoms with Crippen LogP contribution in [0.5, 0.6) is 0 Å². The number of hydrogen-bond donors (Lipinski definition) is 1. The first-order chi connectivity index (χ1) is 5.74. The van der Waals surface area contributed by atoms with Crippen molar-refractivity contribution in [3.63, 3.8) is 0 Å². The Balaban J connectivity index is 2.80. The van der Waals surface area contributed by atoms with Gasteiger partial charge >= 0.3 is 0 Å². The van der Waals surface area contributed by atoms with Crippen molar-refractivity contribution in [2.24, 2.45) is 5.73 Å². The van der Waals surface area contributed by atoms with Crippen molar-refractivity contribution in [2.75, 3.05) is 0 Å². The summed E-state index contributed by atoms with van der Waals surface area (Å²) in [5, 5.41) is 0.647. The summed E-state index contributed by atoms with van der Waals surface area (Å²) in [6.45, 7) is 0. The molecule has 1 rings (SSSR count). The second-order valence-corrected chi connectivity index (χ2v) is 3.00. The average molecular weight is 184 g/mol. The number of rotatable bonds is 3. The van der Waals surface area contributed by atoms with E-state index in [4.69, 9.17) is 17.3 Å². The summed E-state index contributed by atoms with van der Waals surface area (Å²) in [5.41, 5.74) is 6.58. The third-order valence-electron chi connectivity index (χ3n) is 1.63. The molecule has 0 amide bonds. The second kappa shape index (κ2) is 4.24. The van der Waals surface area contributed by atoms with Crippen LogP contribution in [-0.4, -0.2) is 6.29 Å². The highest BCUT2D eigenvalue weighted by atomic mass is 35.5. The molecule has 0 bridgehead atoms. The molecule has 0 aliphatic carbocycles. The molecule has 0 fully saturated rings. The minimum atomic E-state index is -0.235. The lowest BCUT2D eigenvalue weighted by molar-refractivity contribution is -0.108. The molecule has 1 unspecified atom stereocenters. The van der Waals surface area contributed by atoms with Gasteiger partial charge in [-0.1, -0.05) is 23.7 Å². The van der Waals surface area contributed by atoms with E-state index in [2.05, 4.69) is 0 Å². The second-order valence-electron chi connectivity index (χ2n) is 2.56. The maximum absolute atomic E-state index is 10.2. The lowest BCUT2D eigenvalue weighted by atomic mass is 10.1. The van der Waals surface area contributed by atoms with Gasteiger partial charge in [-0.25, -0.2) is 0 Å². The van der Waals surface area contributed by atoms with Gasteiger partial charge in [0.2, 0.25) is 0 Å². The molecule has 1 aromatic carbocycles. The zero-order chi connectivity index (χ0) is 8.97. The largest absolute Gasteiger partial charge is 0.324 e. The van der Waals surface area contributed by atoms with E-state index in [-0.39, 0.29) is 6.04 Å². The lowest BCUT2D eigenvalue weighted by Crippen LogP contribution is -2.10. The van der Waals surface area contributed by atoms with Gasteiger partial charge in [-0.15, -0.1) is 0 Å². The molecule has 64 valence electrons. The number of nitrogens with two attached hydrogens (primary N) is 1. The molecule has 0 radical (unpaired) electrons. The van der Waals surface area contributed by atoms with E-state index in [9.17, 15) is 4.79 Å². The molecule has 1 aromatic rings. The Labute approximate surface area is 76.3 Å². The van der Waals surface area contributed by atoms with Crippen molar-refractivity contribution in [3.05, 3.63) is 34.9 Å². The summed E-state index contributed by atoms with van der Waals surface area (Å²) in [4.78, 5) is 10.2. The third-order valence-corrected chi connectivity index (χ3v) is 1.86. The fraction of sp³-hybridized carbons (Fsp3) is 0.222. The number of aldehydes is 1. The molecule has 0 heterocycles. The zero-order valence-corrected chi connectivity index (χ0v) is 7.29. The minimum absolute atomic E-state index is 0.235. The first-order valence-corrected chi connectivity index (χ1v) is 4.06. The Morgan fingerprint density at radius 3 is 2.92 bits per heavy atom. The maximum atomic E-state index is 10.2. The van der Waals surface area contributed by atoms with E-state index in [0.29, 0.717) is 11.4 Å². The molecule has 1 atom stereocenters. The van der Waals surface area contributed by atoms with Crippen molar-refractivity contribution >= 4 is 17.9 Å². The molecule has 2 N–H and O–H groups in total. The predicted molar refractivity (Wildman–Crippen MR) is 49.1 cm³/mol. The number of carbonyl (C=O) groups is 1. The van der Waals surface area contributed by atoms with E-state index < -0.39 is 0 Å². The van der Waals surface area contributed by atoms with Gasteiger partial charge in [0.05, 0.1) is 0 Å². The Morgan fingerprint density at radius 2 is 2.33 bits per heavy atom. The standard InChI is InChI=1S/C9H10ClNO/c10-8-3-1-2-7(6-8)9(11)4-5-12/h1-3,5-6,9H,4,11H2. The number of hydrogen-bond acceptors (Lipinski definition) is 2. The topological polar surface area (TPSA) is 43.1 Å². The Kier molecular flexibility index (Phi) is 3.26. The molecule has 0 spiro atoms. The van der Waals surface area contributed by atoms with Gasteiger partial charge in [0, 0.05) is 17.5 Å². The van der Waals surface area contributed by atoms with Crippen LogP contribution in [0.25, 0.3) is 0 Å². The van der Waals surface area contributed by atoms with Gasteiger partial charge in [0.15, 0.2) is 0 Å². The SMILES string of the molecule is NC(CC=O)c1cccc(Cl)c1. The molecular weight excluding hydrogens is 174 g/mol. The van der Waals surface area contributed by atoms with Crippen LogP contribution in [0.4, 0.5) is 0 Å². The third kappa shape index (κ3) is 2.32. The highest BCUT2D eigenvalue weighted by Gasteiger charge is 2.04. The molecule has 0 aliphatic rings. The van der Waals surface area contributed by atoms with Crippen LogP contribution in [0.1, 0.15) is 18.0 Å². The Bertz CT molecular complexity index is 275. The van der Waals surface area contributed by atoms with E-state index in [1.54, 1.807) is 12.1 Å². The molecule has 0 aromatic heterocycles. The van der Waals surface area contributed by atoms with E-state index in [1.807, 2.05) is 12.1 Å². The molecule has 0 saturated heterocycles. The monoisotopic (exact) mass is 183 g/mol. The Morgan fingerprint density at radius 1 is 1.58 bits per heavy atom. The van der Waals surface area contributed by atoms with E-state index in [0.717, 1.165) is 11.8 Å². The van der Waals surface area contributed by atoms with Gasteiger partial charge in [-0.05, 0) is 17.7 Å². The highest BCUT2D eigenvalue weighted by Crippen LogP contribution is 2.17. The van der Waals surface area contributed by atoms with Crippen LogP contribution in [0.3, 0.4) is 0 Å². The zero-order valence-electron chi connectivity index (χ0n) is 6.53. The first kappa shape index (κ1) is 9.23. The molecular formula is C9H10ClNO. The van der Waals surface area contributed by atoms with Crippen LogP contribution >= 0.6 is 11.6 Å². The van der Waals surface area contributed by atoms with Crippen LogP contribution in [-0.2, 0) is 4.79 Å². The molecule has 0 saturated carbocycles. The number of benzene rings is 1. The predicted octanol–water partition coefficient (Wildman–Crippen LogP) is 1.93. The van der Waals surface area contributed by atoms with E-state index in [1.165, 1.54) is 0 Å². The van der Waals surface area contributed by atoms with Gasteiger partial charge in [0.25, 0.3) is 0 Å². The fourth-order valence-electron chi connectivity index (χ4n) is 0.977. The highest BCUT2D eigenvalue weighted by molar-refractivity contribution is 6.30. The minimum Gasteiger partial charge on any atom is -0.324 e. The summed E-state index contributed by atoms with van der Waals surface area (Å²) in [6.07, 6.45) is 1.14. The number of carbonyl (C=O) groups excluding carboxylic acids is 1. The summed E-state index contributed by atoms with van der Waals surface area (Å²) in [5.74, 6) is 0. The van der Waals surface area contributed by atoms with Crippen LogP contribution in [0, 0.1) is 0 Å². The van der Waals surface area contributed by atoms with Crippen molar-refractivity contribution in [3.8, 4) is 0 Å². The van der Waals surface area contributed by atoms with E-state index >= 15 is 0 Å². The first-order valence-electron chi connectivity index (χ1n) is 3.68. The molecule has 2 nitrogen and oxygen atoms in total. The quantitative estimate of drug-likeness (QED) is 0.728. The summed E-state index contributed by atoms with van der Waals surface area (Å²) < 4.78 is 0. The molecule has 0 aliphatic heterocycles. The van der Waals surface area contributed by atoms with Crippen molar-refractivity contribution < 1.29 is 4.79 Å². The van der Waals surface area contributed by atoms with Gasteiger partial charge in [-0.3, -0.25) is 0 Å². The normalized spacial score (nSPS) is 12.5. The number of halogens is 1. The molecule has 12 heavy (non-hydrogen) atoms. The summed E-state index contributed by atoms with van der Waals surface area (Å²) >= 11 is 5.75. The smallest absolute Gasteiger partial charge is 0.121 e. The van der Waals surface area contributed by atoms with Crippen molar-refractivity contribution in [1.82, 2.24) is 0 Å². The summed E-state index contributed by atoms with van der Waals surface area (Å²) in [7, 11) is 0. The van der Waals surface area contributed by atoms with Crippen LogP contribution < -0.4 is 5.73 Å². The van der Waals surface area contributed by atoms with Gasteiger partial charge < -0.3 is 10.5 Å². The molecule has 3 heteroatoms. The maximum Gasteiger partial charge on any atom is 0.121 e. The van der Waals surface area contributed by atoms with Crippen LogP contribution in [0.2, 0.25) is 5.02 Å². The summed E-state index contributed by atoms with van der Waals surface area (Å²) in [6, 6.07) is 7.00. The van der Waals surface area contributed by atoms with Crippen molar-refractivity contribution in [2.45, 2.75) is 12.5 Å². The average Bonchev–Trinajstić information content (AvgIpc) is 2.05. The fourth-order valence-corrected chi connectivity index (χ4v) is 1.18. The van der Waals surface area contributed by atoms with Crippen molar-refractivity contribution in [1.29, 1.82) is 0 Å². The Hall–Kier alpha value is -0.860.